The molecule has 1 atom stereocenters. The van der Waals surface area contributed by atoms with Crippen molar-refractivity contribution in [3.8, 4) is 0 Å². The Kier molecular flexibility index (Phi) is 5.18. The van der Waals surface area contributed by atoms with Gasteiger partial charge in [-0.1, -0.05) is 20.8 Å². The first kappa shape index (κ1) is 17.2. The molecule has 1 aromatic heterocycles. The molecule has 0 aliphatic carbocycles. The molecule has 1 aromatic rings. The minimum absolute atomic E-state index is 0.0270. The second-order valence-electron chi connectivity index (χ2n) is 7.01. The molecule has 0 aromatic carbocycles. The number of amides is 2. The Morgan fingerprint density at radius 1 is 1.35 bits per heavy atom. The Morgan fingerprint density at radius 2 is 2.04 bits per heavy atom. The van der Waals surface area contributed by atoms with Crippen LogP contribution < -0.4 is 11.1 Å². The summed E-state index contributed by atoms with van der Waals surface area (Å²) >= 11 is 0. The number of nitrogens with zero attached hydrogens (tertiary/aromatic N) is 3. The number of anilines is 1. The lowest BCUT2D eigenvalue weighted by molar-refractivity contribution is -0.128. The number of hydrogen-bond donors (Lipinski definition) is 2. The summed E-state index contributed by atoms with van der Waals surface area (Å²) in [5.74, 6) is 0.235. The Bertz CT molecular complexity index is 582. The molecule has 0 spiro atoms. The standard InChI is InChI=1S/C16H25N5O2/c1-16(2,3)15(23)20-9-11-5-4-8-21(10-11)14(22)12-13(17)19-7-6-18-12/h6-7,11H,4-5,8-10H2,1-3H3,(H2,17,19)(H,20,23). The van der Waals surface area contributed by atoms with Crippen LogP contribution in [0.25, 0.3) is 0 Å². The van der Waals surface area contributed by atoms with Crippen molar-refractivity contribution in [3.05, 3.63) is 18.1 Å². The third kappa shape index (κ3) is 4.40. The van der Waals surface area contributed by atoms with Gasteiger partial charge < -0.3 is 16.0 Å². The number of carbonyl (C=O) groups is 2. The van der Waals surface area contributed by atoms with Crippen LogP contribution in [0.3, 0.4) is 0 Å². The van der Waals surface area contributed by atoms with Gasteiger partial charge in [-0.25, -0.2) is 9.97 Å². The average molecular weight is 319 g/mol. The summed E-state index contributed by atoms with van der Waals surface area (Å²) in [5, 5.41) is 2.97. The summed E-state index contributed by atoms with van der Waals surface area (Å²) in [5.41, 5.74) is 5.53. The van der Waals surface area contributed by atoms with Crippen LogP contribution in [0.15, 0.2) is 12.4 Å². The maximum Gasteiger partial charge on any atom is 0.276 e. The first-order valence-electron chi connectivity index (χ1n) is 7.93. The molecule has 7 nitrogen and oxygen atoms in total. The number of hydrogen-bond acceptors (Lipinski definition) is 5. The smallest absolute Gasteiger partial charge is 0.276 e. The fraction of sp³-hybridized carbons (Fsp3) is 0.625. The molecule has 0 radical (unpaired) electrons. The summed E-state index contributed by atoms with van der Waals surface area (Å²) < 4.78 is 0. The van der Waals surface area contributed by atoms with Crippen molar-refractivity contribution < 1.29 is 9.59 Å². The van der Waals surface area contributed by atoms with E-state index in [-0.39, 0.29) is 29.2 Å². The molecule has 1 aliphatic rings. The summed E-state index contributed by atoms with van der Waals surface area (Å²) in [6, 6.07) is 0. The van der Waals surface area contributed by atoms with Crippen LogP contribution in [0.5, 0.6) is 0 Å². The van der Waals surface area contributed by atoms with Gasteiger partial charge in [0.15, 0.2) is 11.5 Å². The van der Waals surface area contributed by atoms with Gasteiger partial charge in [0.25, 0.3) is 5.91 Å². The van der Waals surface area contributed by atoms with Gasteiger partial charge >= 0.3 is 0 Å². The topological polar surface area (TPSA) is 101 Å². The van der Waals surface area contributed by atoms with Gasteiger partial charge in [0, 0.05) is 37.4 Å². The Hall–Kier alpha value is -2.18. The molecular formula is C16H25N5O2. The molecule has 2 amide bonds. The van der Waals surface area contributed by atoms with E-state index in [1.54, 1.807) is 4.90 Å². The highest BCUT2D eigenvalue weighted by atomic mass is 16.2. The van der Waals surface area contributed by atoms with Crippen molar-refractivity contribution >= 4 is 17.6 Å². The van der Waals surface area contributed by atoms with Crippen LogP contribution in [0.4, 0.5) is 5.82 Å². The van der Waals surface area contributed by atoms with Crippen LogP contribution in [0.1, 0.15) is 44.1 Å². The summed E-state index contributed by atoms with van der Waals surface area (Å²) in [6.07, 6.45) is 4.83. The van der Waals surface area contributed by atoms with Gasteiger partial charge in [-0.15, -0.1) is 0 Å². The quantitative estimate of drug-likeness (QED) is 0.868. The molecule has 2 rings (SSSR count). The van der Waals surface area contributed by atoms with Crippen molar-refractivity contribution in [2.75, 3.05) is 25.4 Å². The first-order valence-corrected chi connectivity index (χ1v) is 7.93. The van der Waals surface area contributed by atoms with Crippen molar-refractivity contribution in [2.45, 2.75) is 33.6 Å². The predicted molar refractivity (Wildman–Crippen MR) is 87.5 cm³/mol. The minimum atomic E-state index is -0.405. The molecule has 0 bridgehead atoms. The molecule has 1 unspecified atom stereocenters. The van der Waals surface area contributed by atoms with Crippen molar-refractivity contribution in [2.24, 2.45) is 11.3 Å². The average Bonchev–Trinajstić information content (AvgIpc) is 2.51. The fourth-order valence-electron chi connectivity index (χ4n) is 2.58. The number of likely N-dealkylation sites (tertiary alicyclic amines) is 1. The Morgan fingerprint density at radius 3 is 2.70 bits per heavy atom. The number of nitrogen functional groups attached to an aromatic ring is 1. The molecule has 2 heterocycles. The molecule has 7 heteroatoms. The SMILES string of the molecule is CC(C)(C)C(=O)NCC1CCCN(C(=O)c2nccnc2N)C1. The molecule has 126 valence electrons. The Balaban J connectivity index is 1.95. The maximum absolute atomic E-state index is 12.5. The number of rotatable bonds is 3. The number of piperidine rings is 1. The number of nitrogens with one attached hydrogen (secondary N) is 1. The zero-order chi connectivity index (χ0) is 17.0. The lowest BCUT2D eigenvalue weighted by Gasteiger charge is -2.33. The van der Waals surface area contributed by atoms with Crippen LogP contribution in [-0.2, 0) is 4.79 Å². The molecule has 23 heavy (non-hydrogen) atoms. The highest BCUT2D eigenvalue weighted by Crippen LogP contribution is 2.19. The van der Waals surface area contributed by atoms with Gasteiger partial charge in [-0.3, -0.25) is 9.59 Å². The molecule has 0 saturated carbocycles. The van der Waals surface area contributed by atoms with Crippen LogP contribution in [-0.4, -0.2) is 46.3 Å². The van der Waals surface area contributed by atoms with Gasteiger partial charge in [0.2, 0.25) is 5.91 Å². The highest BCUT2D eigenvalue weighted by Gasteiger charge is 2.28. The van der Waals surface area contributed by atoms with Crippen LogP contribution in [0, 0.1) is 11.3 Å². The summed E-state index contributed by atoms with van der Waals surface area (Å²) in [6.45, 7) is 7.51. The zero-order valence-corrected chi connectivity index (χ0v) is 14.0. The van der Waals surface area contributed by atoms with E-state index >= 15 is 0 Å². The molecular weight excluding hydrogens is 294 g/mol. The lowest BCUT2D eigenvalue weighted by atomic mass is 9.94. The van der Waals surface area contributed by atoms with E-state index in [9.17, 15) is 9.59 Å². The first-order chi connectivity index (χ1) is 10.8. The lowest BCUT2D eigenvalue weighted by Crippen LogP contribution is -2.45. The molecule has 1 fully saturated rings. The van der Waals surface area contributed by atoms with Crippen LogP contribution >= 0.6 is 0 Å². The molecule has 1 aliphatic heterocycles. The van der Waals surface area contributed by atoms with E-state index in [4.69, 9.17) is 5.73 Å². The number of aromatic nitrogens is 2. The molecule has 3 N–H and O–H groups in total. The van der Waals surface area contributed by atoms with Gasteiger partial charge in [0.1, 0.15) is 0 Å². The van der Waals surface area contributed by atoms with Crippen molar-refractivity contribution in [3.63, 3.8) is 0 Å². The van der Waals surface area contributed by atoms with Crippen molar-refractivity contribution in [1.82, 2.24) is 20.2 Å². The highest BCUT2D eigenvalue weighted by molar-refractivity contribution is 5.96. The van der Waals surface area contributed by atoms with E-state index in [0.717, 1.165) is 12.8 Å². The zero-order valence-electron chi connectivity index (χ0n) is 14.0. The van der Waals surface area contributed by atoms with E-state index in [2.05, 4.69) is 15.3 Å². The summed E-state index contributed by atoms with van der Waals surface area (Å²) in [4.78, 5) is 34.2. The van der Waals surface area contributed by atoms with Gasteiger partial charge in [0.05, 0.1) is 0 Å². The predicted octanol–water partition coefficient (Wildman–Crippen LogP) is 1.07. The third-order valence-corrected chi connectivity index (χ3v) is 3.97. The second-order valence-corrected chi connectivity index (χ2v) is 7.01. The van der Waals surface area contributed by atoms with E-state index in [0.29, 0.717) is 19.6 Å². The summed E-state index contributed by atoms with van der Waals surface area (Å²) in [7, 11) is 0. The number of carbonyl (C=O) groups excluding carboxylic acids is 2. The third-order valence-electron chi connectivity index (χ3n) is 3.97. The Labute approximate surface area is 136 Å². The normalized spacial score (nSPS) is 18.6. The second kappa shape index (κ2) is 6.93. The van der Waals surface area contributed by atoms with E-state index in [1.165, 1.54) is 12.4 Å². The largest absolute Gasteiger partial charge is 0.382 e. The molecule has 1 saturated heterocycles. The maximum atomic E-state index is 12.5. The number of nitrogens with two attached hydrogens (primary N) is 1. The van der Waals surface area contributed by atoms with Gasteiger partial charge in [-0.2, -0.15) is 0 Å². The minimum Gasteiger partial charge on any atom is -0.382 e. The van der Waals surface area contributed by atoms with Crippen LogP contribution in [0.2, 0.25) is 0 Å². The van der Waals surface area contributed by atoms with E-state index in [1.807, 2.05) is 20.8 Å². The van der Waals surface area contributed by atoms with Gasteiger partial charge in [-0.05, 0) is 18.8 Å². The van der Waals surface area contributed by atoms with Crippen molar-refractivity contribution in [1.29, 1.82) is 0 Å². The van der Waals surface area contributed by atoms with E-state index < -0.39 is 5.41 Å². The monoisotopic (exact) mass is 319 g/mol. The fourth-order valence-corrected chi connectivity index (χ4v) is 2.58.